The number of ketones is 1. The van der Waals surface area contributed by atoms with Crippen LogP contribution in [0.4, 0.5) is 0 Å². The fraction of sp³-hybridized carbons (Fsp3) is 0.522. The molecule has 1 aliphatic heterocycles. The Hall–Kier alpha value is -2.67. The van der Waals surface area contributed by atoms with E-state index in [0.29, 0.717) is 18.2 Å². The maximum atomic E-state index is 12.9. The molecule has 7 nitrogen and oxygen atoms in total. The molecule has 2 aromatic heterocycles. The highest BCUT2D eigenvalue weighted by molar-refractivity contribution is 5.86. The monoisotopic (exact) mass is 404 g/mol. The zero-order valence-electron chi connectivity index (χ0n) is 17.5. The van der Waals surface area contributed by atoms with Crippen LogP contribution in [0.5, 0.6) is 0 Å². The summed E-state index contributed by atoms with van der Waals surface area (Å²) in [5, 5.41) is 17.8. The molecule has 7 heteroatoms. The molecular weight excluding hydrogens is 376 g/mol. The summed E-state index contributed by atoms with van der Waals surface area (Å²) in [4.78, 5) is 15.5. The van der Waals surface area contributed by atoms with Crippen molar-refractivity contribution >= 4 is 16.7 Å². The number of carbonyl (C=O) groups excluding carboxylic acids is 1. The number of benzene rings is 1. The second kappa shape index (κ2) is 8.22. The summed E-state index contributed by atoms with van der Waals surface area (Å²) in [6, 6.07) is 8.65. The molecule has 3 heterocycles. The van der Waals surface area contributed by atoms with Crippen LogP contribution in [0.25, 0.3) is 22.2 Å². The lowest BCUT2D eigenvalue weighted by molar-refractivity contribution is -0.123. The van der Waals surface area contributed by atoms with Crippen LogP contribution in [0.15, 0.2) is 30.5 Å². The van der Waals surface area contributed by atoms with Gasteiger partial charge in [-0.1, -0.05) is 11.3 Å². The molecule has 1 saturated carbocycles. The summed E-state index contributed by atoms with van der Waals surface area (Å²) in [7, 11) is 1.85. The Morgan fingerprint density at radius 2 is 1.83 bits per heavy atom. The van der Waals surface area contributed by atoms with Crippen LogP contribution in [0, 0.1) is 5.92 Å². The van der Waals surface area contributed by atoms with Gasteiger partial charge in [0.2, 0.25) is 0 Å². The average Bonchev–Trinajstić information content (AvgIpc) is 3.45. The van der Waals surface area contributed by atoms with E-state index in [-0.39, 0.29) is 5.92 Å². The molecule has 3 aromatic rings. The van der Waals surface area contributed by atoms with Crippen molar-refractivity contribution in [1.82, 2.24) is 30.1 Å². The molecule has 0 spiro atoms. The second-order valence-corrected chi connectivity index (χ2v) is 8.78. The molecule has 0 radical (unpaired) electrons. The number of hydrogen-bond acceptors (Lipinski definition) is 6. The van der Waals surface area contributed by atoms with Gasteiger partial charge in [0.25, 0.3) is 0 Å². The predicted octanol–water partition coefficient (Wildman–Crippen LogP) is 3.19. The van der Waals surface area contributed by atoms with E-state index in [9.17, 15) is 4.79 Å². The highest BCUT2D eigenvalue weighted by atomic mass is 16.1. The number of aromatic nitrogens is 5. The zero-order valence-corrected chi connectivity index (χ0v) is 17.5. The minimum absolute atomic E-state index is 0.173. The first kappa shape index (κ1) is 19.3. The Labute approximate surface area is 176 Å². The number of likely N-dealkylation sites (tertiary alicyclic amines) is 1. The Balaban J connectivity index is 1.26. The van der Waals surface area contributed by atoms with Gasteiger partial charge in [-0.15, -0.1) is 5.10 Å². The Bertz CT molecular complexity index is 1050. The molecule has 0 N–H and O–H groups in total. The predicted molar refractivity (Wildman–Crippen MR) is 115 cm³/mol. The number of aryl methyl sites for hydroxylation is 1. The molecule has 0 amide bonds. The van der Waals surface area contributed by atoms with E-state index in [1.54, 1.807) is 4.68 Å². The second-order valence-electron chi connectivity index (χ2n) is 8.78. The summed E-state index contributed by atoms with van der Waals surface area (Å²) < 4.78 is 1.69. The molecule has 1 saturated heterocycles. The van der Waals surface area contributed by atoms with E-state index >= 15 is 0 Å². The van der Waals surface area contributed by atoms with Gasteiger partial charge in [-0.3, -0.25) is 9.48 Å². The molecule has 0 bridgehead atoms. The fourth-order valence-corrected chi connectivity index (χ4v) is 5.01. The summed E-state index contributed by atoms with van der Waals surface area (Å²) in [6.07, 6.45) is 9.25. The van der Waals surface area contributed by atoms with Crippen molar-refractivity contribution in [2.45, 2.75) is 51.0 Å². The molecule has 2 aliphatic rings. The number of rotatable bonds is 5. The quantitative estimate of drug-likeness (QED) is 0.650. The SMILES string of the molecule is Cn1cc(-c2ccc3nnc(CC(=O)C4CCC(N5CCCC5)CC4)cc3c2)nn1. The molecule has 2 fully saturated rings. The van der Waals surface area contributed by atoms with E-state index in [0.717, 1.165) is 53.5 Å². The molecule has 30 heavy (non-hydrogen) atoms. The van der Waals surface area contributed by atoms with Crippen LogP contribution in [0.1, 0.15) is 44.2 Å². The van der Waals surface area contributed by atoms with E-state index in [1.807, 2.05) is 37.5 Å². The Morgan fingerprint density at radius 1 is 1.03 bits per heavy atom. The lowest BCUT2D eigenvalue weighted by Gasteiger charge is -2.34. The van der Waals surface area contributed by atoms with Crippen molar-refractivity contribution in [2.75, 3.05) is 13.1 Å². The van der Waals surface area contributed by atoms with Crippen LogP contribution < -0.4 is 0 Å². The first-order valence-corrected chi connectivity index (χ1v) is 11.1. The fourth-order valence-electron chi connectivity index (χ4n) is 5.01. The van der Waals surface area contributed by atoms with E-state index in [1.165, 1.54) is 25.9 Å². The number of fused-ring (bicyclic) bond motifs is 1. The highest BCUT2D eigenvalue weighted by Crippen LogP contribution is 2.31. The average molecular weight is 405 g/mol. The van der Waals surface area contributed by atoms with Gasteiger partial charge in [0.15, 0.2) is 0 Å². The number of carbonyl (C=O) groups is 1. The smallest absolute Gasteiger partial charge is 0.141 e. The first-order valence-electron chi connectivity index (χ1n) is 11.1. The van der Waals surface area contributed by atoms with Gasteiger partial charge in [-0.05, 0) is 69.8 Å². The van der Waals surface area contributed by atoms with Crippen molar-refractivity contribution in [1.29, 1.82) is 0 Å². The molecule has 5 rings (SSSR count). The highest BCUT2D eigenvalue weighted by Gasteiger charge is 2.30. The molecular formula is C23H28N6O. The van der Waals surface area contributed by atoms with Crippen LogP contribution >= 0.6 is 0 Å². The molecule has 0 atom stereocenters. The van der Waals surface area contributed by atoms with Crippen LogP contribution in [0.2, 0.25) is 0 Å². The number of hydrogen-bond donors (Lipinski definition) is 0. The van der Waals surface area contributed by atoms with Crippen molar-refractivity contribution in [3.63, 3.8) is 0 Å². The van der Waals surface area contributed by atoms with Crippen molar-refractivity contribution in [3.8, 4) is 11.3 Å². The molecule has 0 unspecified atom stereocenters. The largest absolute Gasteiger partial charge is 0.300 e. The third-order valence-electron chi connectivity index (χ3n) is 6.70. The maximum Gasteiger partial charge on any atom is 0.141 e. The van der Waals surface area contributed by atoms with Crippen LogP contribution in [0.3, 0.4) is 0 Å². The first-order chi connectivity index (χ1) is 14.7. The number of Topliss-reactive ketones (excluding diaryl/α,β-unsaturated/α-hetero) is 1. The standard InChI is InChI=1S/C23H28N6O/c1-28-15-22(26-27-28)17-6-9-21-18(12-17)13-19(24-25-21)14-23(30)16-4-7-20(8-5-16)29-10-2-3-11-29/h6,9,12-13,15-16,20H,2-5,7-8,10-11,14H2,1H3. The topological polar surface area (TPSA) is 76.8 Å². The lowest BCUT2D eigenvalue weighted by atomic mass is 9.82. The van der Waals surface area contributed by atoms with E-state index in [2.05, 4.69) is 25.4 Å². The molecule has 1 aliphatic carbocycles. The normalized spacial score (nSPS) is 22.6. The van der Waals surface area contributed by atoms with Gasteiger partial charge in [0.05, 0.1) is 23.8 Å². The minimum atomic E-state index is 0.173. The molecule has 1 aromatic carbocycles. The third-order valence-corrected chi connectivity index (χ3v) is 6.70. The third kappa shape index (κ3) is 3.99. The van der Waals surface area contributed by atoms with Gasteiger partial charge in [0.1, 0.15) is 11.5 Å². The van der Waals surface area contributed by atoms with Gasteiger partial charge < -0.3 is 4.90 Å². The van der Waals surface area contributed by atoms with Crippen LogP contribution in [-0.2, 0) is 18.3 Å². The van der Waals surface area contributed by atoms with Gasteiger partial charge in [0, 0.05) is 30.0 Å². The molecule has 156 valence electrons. The summed E-state index contributed by atoms with van der Waals surface area (Å²) in [5.74, 6) is 0.487. The zero-order chi connectivity index (χ0) is 20.5. The summed E-state index contributed by atoms with van der Waals surface area (Å²) in [6.45, 7) is 2.49. The van der Waals surface area contributed by atoms with E-state index < -0.39 is 0 Å². The Kier molecular flexibility index (Phi) is 5.29. The van der Waals surface area contributed by atoms with Crippen LogP contribution in [-0.4, -0.2) is 55.0 Å². The van der Waals surface area contributed by atoms with Gasteiger partial charge in [-0.2, -0.15) is 10.2 Å². The van der Waals surface area contributed by atoms with Crippen molar-refractivity contribution in [2.24, 2.45) is 13.0 Å². The summed E-state index contributed by atoms with van der Waals surface area (Å²) in [5.41, 5.74) is 3.39. The minimum Gasteiger partial charge on any atom is -0.300 e. The van der Waals surface area contributed by atoms with E-state index in [4.69, 9.17) is 0 Å². The lowest BCUT2D eigenvalue weighted by Crippen LogP contribution is -2.37. The van der Waals surface area contributed by atoms with Crippen molar-refractivity contribution < 1.29 is 4.79 Å². The Morgan fingerprint density at radius 3 is 2.57 bits per heavy atom. The maximum absolute atomic E-state index is 12.9. The van der Waals surface area contributed by atoms with Gasteiger partial charge in [-0.25, -0.2) is 0 Å². The van der Waals surface area contributed by atoms with Gasteiger partial charge >= 0.3 is 0 Å². The van der Waals surface area contributed by atoms with Crippen molar-refractivity contribution in [3.05, 3.63) is 36.2 Å². The summed E-state index contributed by atoms with van der Waals surface area (Å²) >= 11 is 0. The number of nitrogens with zero attached hydrogens (tertiary/aromatic N) is 6.